The highest BCUT2D eigenvalue weighted by Crippen LogP contribution is 2.27. The monoisotopic (exact) mass is 436 g/mol. The summed E-state index contributed by atoms with van der Waals surface area (Å²) < 4.78 is 23.7. The zero-order valence-electron chi connectivity index (χ0n) is 16.6. The number of halogens is 2. The van der Waals surface area contributed by atoms with E-state index in [1.165, 1.54) is 18.2 Å². The van der Waals surface area contributed by atoms with Gasteiger partial charge in [-0.2, -0.15) is 5.26 Å². The van der Waals surface area contributed by atoms with E-state index in [-0.39, 0.29) is 18.0 Å². The second-order valence-electron chi connectivity index (χ2n) is 6.46. The standard InChI is InChI=1S/C24H18ClFN2O3/c1-30-21-9-7-20(8-10-21)28-24(29)18(14-27)12-17-4-11-23(22(25)13-17)31-15-16-2-5-19(26)6-3-16/h2-13H,15H2,1H3,(H,28,29)/b18-12+. The van der Waals surface area contributed by atoms with Crippen molar-refractivity contribution in [3.63, 3.8) is 0 Å². The number of carbonyl (C=O) groups excluding carboxylic acids is 1. The maximum Gasteiger partial charge on any atom is 0.266 e. The second kappa shape index (κ2) is 10.3. The van der Waals surface area contributed by atoms with E-state index in [9.17, 15) is 14.4 Å². The summed E-state index contributed by atoms with van der Waals surface area (Å²) in [6.45, 7) is 0.225. The van der Waals surface area contributed by atoms with Crippen molar-refractivity contribution in [2.75, 3.05) is 12.4 Å². The van der Waals surface area contributed by atoms with Crippen LogP contribution in [0.4, 0.5) is 10.1 Å². The molecular formula is C24H18ClFN2O3. The summed E-state index contributed by atoms with van der Waals surface area (Å²) in [6.07, 6.45) is 1.44. The lowest BCUT2D eigenvalue weighted by molar-refractivity contribution is -0.112. The number of methoxy groups -OCH3 is 1. The molecule has 0 aromatic heterocycles. The third-order valence-electron chi connectivity index (χ3n) is 4.29. The number of hydrogen-bond donors (Lipinski definition) is 1. The first-order valence-corrected chi connectivity index (χ1v) is 9.60. The fourth-order valence-electron chi connectivity index (χ4n) is 2.65. The molecule has 3 rings (SSSR count). The molecule has 7 heteroatoms. The number of nitriles is 1. The van der Waals surface area contributed by atoms with Gasteiger partial charge in [-0.1, -0.05) is 29.8 Å². The lowest BCUT2D eigenvalue weighted by atomic mass is 10.1. The Morgan fingerprint density at radius 1 is 1.13 bits per heavy atom. The maximum absolute atomic E-state index is 13.0. The van der Waals surface area contributed by atoms with E-state index in [0.29, 0.717) is 27.8 Å². The van der Waals surface area contributed by atoms with Crippen LogP contribution < -0.4 is 14.8 Å². The molecule has 1 N–H and O–H groups in total. The average molecular weight is 437 g/mol. The minimum absolute atomic E-state index is 0.0770. The van der Waals surface area contributed by atoms with E-state index >= 15 is 0 Å². The highest BCUT2D eigenvalue weighted by Gasteiger charge is 2.11. The molecule has 156 valence electrons. The van der Waals surface area contributed by atoms with Crippen LogP contribution in [0.1, 0.15) is 11.1 Å². The smallest absolute Gasteiger partial charge is 0.266 e. The largest absolute Gasteiger partial charge is 0.497 e. The van der Waals surface area contributed by atoms with Crippen molar-refractivity contribution >= 4 is 29.3 Å². The molecule has 1 amide bonds. The van der Waals surface area contributed by atoms with Gasteiger partial charge in [-0.15, -0.1) is 0 Å². The van der Waals surface area contributed by atoms with E-state index < -0.39 is 5.91 Å². The normalized spacial score (nSPS) is 10.8. The molecule has 0 aliphatic rings. The van der Waals surface area contributed by atoms with E-state index in [1.54, 1.807) is 61.7 Å². The molecule has 3 aromatic rings. The number of anilines is 1. The summed E-state index contributed by atoms with van der Waals surface area (Å²) in [5.74, 6) is 0.234. The molecule has 0 heterocycles. The van der Waals surface area contributed by atoms with Crippen molar-refractivity contribution in [3.05, 3.63) is 94.3 Å². The predicted octanol–water partition coefficient (Wildman–Crippen LogP) is 5.61. The summed E-state index contributed by atoms with van der Waals surface area (Å²) in [5.41, 5.74) is 1.82. The molecule has 0 aliphatic heterocycles. The van der Waals surface area contributed by atoms with E-state index in [1.807, 2.05) is 6.07 Å². The van der Waals surface area contributed by atoms with Gasteiger partial charge < -0.3 is 14.8 Å². The first-order valence-electron chi connectivity index (χ1n) is 9.22. The Balaban J connectivity index is 1.68. The predicted molar refractivity (Wildman–Crippen MR) is 117 cm³/mol. The topological polar surface area (TPSA) is 71.3 Å². The van der Waals surface area contributed by atoms with Gasteiger partial charge in [0.15, 0.2) is 0 Å². The zero-order valence-corrected chi connectivity index (χ0v) is 17.3. The molecule has 0 aliphatic carbocycles. The maximum atomic E-state index is 13.0. The van der Waals surface area contributed by atoms with Crippen molar-refractivity contribution in [1.29, 1.82) is 5.26 Å². The summed E-state index contributed by atoms with van der Waals surface area (Å²) >= 11 is 6.28. The quantitative estimate of drug-likeness (QED) is 0.386. The Morgan fingerprint density at radius 2 is 1.84 bits per heavy atom. The number of carbonyl (C=O) groups is 1. The summed E-state index contributed by atoms with van der Waals surface area (Å²) in [6, 6.07) is 19.6. The molecule has 0 atom stereocenters. The Labute approximate surface area is 184 Å². The van der Waals surface area contributed by atoms with Crippen LogP contribution in [0.15, 0.2) is 72.3 Å². The SMILES string of the molecule is COc1ccc(NC(=O)/C(C#N)=C/c2ccc(OCc3ccc(F)cc3)c(Cl)c2)cc1. The number of nitrogens with one attached hydrogen (secondary N) is 1. The molecule has 0 bridgehead atoms. The van der Waals surface area contributed by atoms with E-state index in [0.717, 1.165) is 5.56 Å². The van der Waals surface area contributed by atoms with Crippen LogP contribution in [0.2, 0.25) is 5.02 Å². The molecule has 0 saturated carbocycles. The number of ether oxygens (including phenoxy) is 2. The van der Waals surface area contributed by atoms with Gasteiger partial charge in [0.05, 0.1) is 12.1 Å². The number of rotatable bonds is 7. The summed E-state index contributed by atoms with van der Waals surface area (Å²) in [4.78, 5) is 12.4. The summed E-state index contributed by atoms with van der Waals surface area (Å²) in [7, 11) is 1.55. The van der Waals surface area contributed by atoms with Gasteiger partial charge in [0.2, 0.25) is 0 Å². The molecule has 5 nitrogen and oxygen atoms in total. The number of amides is 1. The average Bonchev–Trinajstić information content (AvgIpc) is 2.78. The zero-order chi connectivity index (χ0) is 22.2. The molecule has 0 saturated heterocycles. The molecule has 0 radical (unpaired) electrons. The van der Waals surface area contributed by atoms with E-state index in [2.05, 4.69) is 5.32 Å². The minimum atomic E-state index is -0.541. The first-order chi connectivity index (χ1) is 15.0. The molecule has 0 fully saturated rings. The summed E-state index contributed by atoms with van der Waals surface area (Å²) in [5, 5.41) is 12.4. The Hall–Kier alpha value is -3.82. The van der Waals surface area contributed by atoms with Crippen LogP contribution in [0.5, 0.6) is 11.5 Å². The van der Waals surface area contributed by atoms with Crippen LogP contribution in [-0.4, -0.2) is 13.0 Å². The van der Waals surface area contributed by atoms with Crippen molar-refractivity contribution in [2.24, 2.45) is 0 Å². The van der Waals surface area contributed by atoms with Gasteiger partial charge in [-0.25, -0.2) is 4.39 Å². The Morgan fingerprint density at radius 3 is 2.45 bits per heavy atom. The highest BCUT2D eigenvalue weighted by molar-refractivity contribution is 6.32. The molecule has 0 unspecified atom stereocenters. The van der Waals surface area contributed by atoms with Crippen LogP contribution in [0.3, 0.4) is 0 Å². The van der Waals surface area contributed by atoms with Crippen molar-refractivity contribution < 1.29 is 18.7 Å². The number of hydrogen-bond acceptors (Lipinski definition) is 4. The van der Waals surface area contributed by atoms with Crippen LogP contribution in [-0.2, 0) is 11.4 Å². The molecular weight excluding hydrogens is 419 g/mol. The minimum Gasteiger partial charge on any atom is -0.497 e. The van der Waals surface area contributed by atoms with Crippen molar-refractivity contribution in [2.45, 2.75) is 6.61 Å². The fourth-order valence-corrected chi connectivity index (χ4v) is 2.90. The second-order valence-corrected chi connectivity index (χ2v) is 6.86. The number of nitrogens with zero attached hydrogens (tertiary/aromatic N) is 1. The van der Waals surface area contributed by atoms with Gasteiger partial charge >= 0.3 is 0 Å². The lowest BCUT2D eigenvalue weighted by Gasteiger charge is -2.09. The Kier molecular flexibility index (Phi) is 7.26. The lowest BCUT2D eigenvalue weighted by Crippen LogP contribution is -2.13. The molecule has 3 aromatic carbocycles. The Bertz CT molecular complexity index is 1140. The van der Waals surface area contributed by atoms with Crippen molar-refractivity contribution in [3.8, 4) is 17.6 Å². The number of benzene rings is 3. The van der Waals surface area contributed by atoms with Crippen LogP contribution >= 0.6 is 11.6 Å². The van der Waals surface area contributed by atoms with Crippen molar-refractivity contribution in [1.82, 2.24) is 0 Å². The van der Waals surface area contributed by atoms with E-state index in [4.69, 9.17) is 21.1 Å². The first kappa shape index (κ1) is 21.9. The van der Waals surface area contributed by atoms with Gasteiger partial charge in [0, 0.05) is 5.69 Å². The van der Waals surface area contributed by atoms with Gasteiger partial charge in [0.1, 0.15) is 35.6 Å². The third-order valence-corrected chi connectivity index (χ3v) is 4.58. The fraction of sp³-hybridized carbons (Fsp3) is 0.0833. The van der Waals surface area contributed by atoms with Crippen LogP contribution in [0.25, 0.3) is 6.08 Å². The third kappa shape index (κ3) is 6.08. The van der Waals surface area contributed by atoms with Gasteiger partial charge in [-0.3, -0.25) is 4.79 Å². The van der Waals surface area contributed by atoms with Crippen LogP contribution in [0, 0.1) is 17.1 Å². The highest BCUT2D eigenvalue weighted by atomic mass is 35.5. The molecule has 0 spiro atoms. The van der Waals surface area contributed by atoms with Gasteiger partial charge in [-0.05, 0) is 65.7 Å². The van der Waals surface area contributed by atoms with Gasteiger partial charge in [0.25, 0.3) is 5.91 Å². The molecule has 31 heavy (non-hydrogen) atoms.